The fraction of sp³-hybridized carbons (Fsp3) is 0.462. The van der Waals surface area contributed by atoms with Crippen molar-refractivity contribution in [3.8, 4) is 5.75 Å². The molecule has 1 rings (SSSR count). The third kappa shape index (κ3) is 3.99. The van der Waals surface area contributed by atoms with Gasteiger partial charge in [-0.25, -0.2) is 0 Å². The Morgan fingerprint density at radius 1 is 1.39 bits per heavy atom. The fourth-order valence-corrected chi connectivity index (χ4v) is 1.96. The Balaban J connectivity index is 2.91. The van der Waals surface area contributed by atoms with Crippen LogP contribution in [0.4, 0.5) is 0 Å². The molecule has 0 aromatic heterocycles. The van der Waals surface area contributed by atoms with Gasteiger partial charge in [0.1, 0.15) is 5.75 Å². The average Bonchev–Trinajstić information content (AvgIpc) is 2.27. The summed E-state index contributed by atoms with van der Waals surface area (Å²) in [5.74, 6) is 0.358. The predicted molar refractivity (Wildman–Crippen MR) is 74.1 cm³/mol. The molecule has 0 spiro atoms. The van der Waals surface area contributed by atoms with Crippen LogP contribution >= 0.6 is 15.9 Å². The highest BCUT2D eigenvalue weighted by Gasteiger charge is 2.22. The first-order chi connectivity index (χ1) is 8.39. The van der Waals surface area contributed by atoms with Crippen LogP contribution < -0.4 is 10.1 Å². The molecule has 0 aliphatic heterocycles. The average molecular weight is 316 g/mol. The van der Waals surface area contributed by atoms with Gasteiger partial charge < -0.3 is 14.8 Å². The second-order valence-electron chi connectivity index (χ2n) is 4.62. The Morgan fingerprint density at radius 2 is 2.06 bits per heavy atom. The molecule has 0 aliphatic rings. The molecule has 18 heavy (non-hydrogen) atoms. The zero-order chi connectivity index (χ0) is 13.8. The molecule has 1 aromatic rings. The summed E-state index contributed by atoms with van der Waals surface area (Å²) in [7, 11) is 3.15. The van der Waals surface area contributed by atoms with Crippen LogP contribution in [-0.2, 0) is 4.74 Å². The molecule has 4 nitrogen and oxygen atoms in total. The second kappa shape index (κ2) is 6.20. The van der Waals surface area contributed by atoms with E-state index < -0.39 is 5.54 Å². The van der Waals surface area contributed by atoms with Gasteiger partial charge in [-0.05, 0) is 32.0 Å². The number of hydrogen-bond acceptors (Lipinski definition) is 3. The lowest BCUT2D eigenvalue weighted by molar-refractivity contribution is 0.0817. The molecule has 0 saturated carbocycles. The molecule has 0 radical (unpaired) electrons. The first kappa shape index (κ1) is 15.0. The van der Waals surface area contributed by atoms with Gasteiger partial charge in [0.15, 0.2) is 0 Å². The van der Waals surface area contributed by atoms with Crippen molar-refractivity contribution in [1.29, 1.82) is 0 Å². The van der Waals surface area contributed by atoms with Crippen LogP contribution in [-0.4, -0.2) is 32.3 Å². The van der Waals surface area contributed by atoms with Gasteiger partial charge in [-0.3, -0.25) is 4.79 Å². The third-order valence-corrected chi connectivity index (χ3v) is 2.86. The summed E-state index contributed by atoms with van der Waals surface area (Å²) in [6, 6.07) is 5.29. The smallest absolute Gasteiger partial charge is 0.255 e. The number of carbonyl (C=O) groups excluding carboxylic acids is 1. The van der Waals surface area contributed by atoms with E-state index in [1.807, 2.05) is 13.8 Å². The van der Waals surface area contributed by atoms with Gasteiger partial charge in [0.25, 0.3) is 5.91 Å². The SMILES string of the molecule is COCC(C)(C)NC(=O)c1ccc(Br)cc1OC. The van der Waals surface area contributed by atoms with E-state index >= 15 is 0 Å². The summed E-state index contributed by atoms with van der Waals surface area (Å²) in [5, 5.41) is 2.91. The van der Waals surface area contributed by atoms with Crippen LogP contribution in [0, 0.1) is 0 Å². The summed E-state index contributed by atoms with van der Waals surface area (Å²) >= 11 is 3.34. The maximum absolute atomic E-state index is 12.2. The normalized spacial score (nSPS) is 11.2. The number of amides is 1. The number of benzene rings is 1. The highest BCUT2D eigenvalue weighted by Crippen LogP contribution is 2.23. The zero-order valence-electron chi connectivity index (χ0n) is 11.0. The molecule has 0 fully saturated rings. The van der Waals surface area contributed by atoms with Crippen molar-refractivity contribution in [1.82, 2.24) is 5.32 Å². The van der Waals surface area contributed by atoms with E-state index in [0.29, 0.717) is 17.9 Å². The lowest BCUT2D eigenvalue weighted by Gasteiger charge is -2.25. The van der Waals surface area contributed by atoms with E-state index in [9.17, 15) is 4.79 Å². The first-order valence-electron chi connectivity index (χ1n) is 5.54. The van der Waals surface area contributed by atoms with Crippen LogP contribution in [0.1, 0.15) is 24.2 Å². The third-order valence-electron chi connectivity index (χ3n) is 2.37. The lowest BCUT2D eigenvalue weighted by atomic mass is 10.1. The molecule has 1 aromatic carbocycles. The van der Waals surface area contributed by atoms with Gasteiger partial charge >= 0.3 is 0 Å². The summed E-state index contributed by atoms with van der Waals surface area (Å²) in [6.45, 7) is 4.25. The molecule has 0 heterocycles. The Labute approximate surface area is 116 Å². The number of nitrogens with one attached hydrogen (secondary N) is 1. The van der Waals surface area contributed by atoms with E-state index in [1.54, 1.807) is 32.4 Å². The largest absolute Gasteiger partial charge is 0.496 e. The molecule has 0 atom stereocenters. The van der Waals surface area contributed by atoms with E-state index in [2.05, 4.69) is 21.2 Å². The van der Waals surface area contributed by atoms with E-state index in [4.69, 9.17) is 9.47 Å². The second-order valence-corrected chi connectivity index (χ2v) is 5.53. The van der Waals surface area contributed by atoms with Gasteiger partial charge in [-0.2, -0.15) is 0 Å². The van der Waals surface area contributed by atoms with Crippen LogP contribution in [0.25, 0.3) is 0 Å². The quantitative estimate of drug-likeness (QED) is 0.908. The molecule has 0 saturated heterocycles. The van der Waals surface area contributed by atoms with E-state index in [-0.39, 0.29) is 5.91 Å². The van der Waals surface area contributed by atoms with Gasteiger partial charge in [-0.1, -0.05) is 15.9 Å². The summed E-state index contributed by atoms with van der Waals surface area (Å²) in [5.41, 5.74) is 0.0778. The van der Waals surface area contributed by atoms with E-state index in [0.717, 1.165) is 4.47 Å². The molecular formula is C13H18BrNO3. The molecule has 0 unspecified atom stereocenters. The van der Waals surface area contributed by atoms with Gasteiger partial charge in [0, 0.05) is 11.6 Å². The maximum atomic E-state index is 12.2. The minimum atomic E-state index is -0.427. The Hall–Kier alpha value is -1.07. The van der Waals surface area contributed by atoms with Gasteiger partial charge in [-0.15, -0.1) is 0 Å². The van der Waals surface area contributed by atoms with Crippen molar-refractivity contribution >= 4 is 21.8 Å². The van der Waals surface area contributed by atoms with Crippen molar-refractivity contribution in [2.24, 2.45) is 0 Å². The van der Waals surface area contributed by atoms with Crippen LogP contribution in [0.3, 0.4) is 0 Å². The van der Waals surface area contributed by atoms with E-state index in [1.165, 1.54) is 0 Å². The van der Waals surface area contributed by atoms with Crippen molar-refractivity contribution < 1.29 is 14.3 Å². The Morgan fingerprint density at radius 3 is 2.61 bits per heavy atom. The first-order valence-corrected chi connectivity index (χ1v) is 6.34. The van der Waals surface area contributed by atoms with Crippen molar-refractivity contribution in [2.45, 2.75) is 19.4 Å². The topological polar surface area (TPSA) is 47.6 Å². The number of ether oxygens (including phenoxy) is 2. The molecule has 1 amide bonds. The highest BCUT2D eigenvalue weighted by molar-refractivity contribution is 9.10. The van der Waals surface area contributed by atoms with Gasteiger partial charge in [0.2, 0.25) is 0 Å². The lowest BCUT2D eigenvalue weighted by Crippen LogP contribution is -2.46. The summed E-state index contributed by atoms with van der Waals surface area (Å²) in [6.07, 6.45) is 0. The van der Waals surface area contributed by atoms with Crippen LogP contribution in [0.15, 0.2) is 22.7 Å². The highest BCUT2D eigenvalue weighted by atomic mass is 79.9. The fourth-order valence-electron chi connectivity index (χ4n) is 1.62. The number of carbonyl (C=O) groups is 1. The van der Waals surface area contributed by atoms with Gasteiger partial charge in [0.05, 0.1) is 24.8 Å². The monoisotopic (exact) mass is 315 g/mol. The zero-order valence-corrected chi connectivity index (χ0v) is 12.6. The Kier molecular flexibility index (Phi) is 5.16. The number of hydrogen-bond donors (Lipinski definition) is 1. The van der Waals surface area contributed by atoms with Crippen LogP contribution in [0.5, 0.6) is 5.75 Å². The predicted octanol–water partition coefficient (Wildman–Crippen LogP) is 2.61. The molecular weight excluding hydrogens is 298 g/mol. The minimum absolute atomic E-state index is 0.179. The van der Waals surface area contributed by atoms with Crippen molar-refractivity contribution in [3.05, 3.63) is 28.2 Å². The number of rotatable bonds is 5. The molecule has 1 N–H and O–H groups in total. The molecule has 0 aliphatic carbocycles. The van der Waals surface area contributed by atoms with Crippen molar-refractivity contribution in [2.75, 3.05) is 20.8 Å². The minimum Gasteiger partial charge on any atom is -0.496 e. The molecule has 100 valence electrons. The molecule has 0 bridgehead atoms. The maximum Gasteiger partial charge on any atom is 0.255 e. The number of halogens is 1. The summed E-state index contributed by atoms with van der Waals surface area (Å²) in [4.78, 5) is 12.2. The summed E-state index contributed by atoms with van der Waals surface area (Å²) < 4.78 is 11.1. The van der Waals surface area contributed by atoms with Crippen molar-refractivity contribution in [3.63, 3.8) is 0 Å². The molecule has 5 heteroatoms. The Bertz CT molecular complexity index is 432. The van der Waals surface area contributed by atoms with Crippen LogP contribution in [0.2, 0.25) is 0 Å². The standard InChI is InChI=1S/C13H18BrNO3/c1-13(2,8-17-3)15-12(16)10-6-5-9(14)7-11(10)18-4/h5-7H,8H2,1-4H3,(H,15,16). The number of methoxy groups -OCH3 is 2.